The maximum absolute atomic E-state index is 13.3. The van der Waals surface area contributed by atoms with Crippen LogP contribution in [0.15, 0.2) is 17.0 Å². The smallest absolute Gasteiger partial charge is 0.178 e. The second-order valence-electron chi connectivity index (χ2n) is 3.34. The van der Waals surface area contributed by atoms with Gasteiger partial charge in [-0.3, -0.25) is 0 Å². The highest BCUT2D eigenvalue weighted by molar-refractivity contribution is 7.90. The Bertz CT molecular complexity index is 483. The van der Waals surface area contributed by atoms with E-state index >= 15 is 0 Å². The van der Waals surface area contributed by atoms with E-state index in [1.165, 1.54) is 13.0 Å². The molecule has 1 atom stereocenters. The SMILES string of the molecule is CC(N)c1ccc(S(C)(=O)=O)c(F)c1F. The molecule has 3 nitrogen and oxygen atoms in total. The number of rotatable bonds is 2. The Morgan fingerprint density at radius 1 is 1.27 bits per heavy atom. The molecule has 0 aromatic heterocycles. The monoisotopic (exact) mass is 235 g/mol. The van der Waals surface area contributed by atoms with Crippen molar-refractivity contribution < 1.29 is 17.2 Å². The minimum atomic E-state index is -3.75. The average Bonchev–Trinajstić information content (AvgIpc) is 2.06. The van der Waals surface area contributed by atoms with Crippen LogP contribution in [0.1, 0.15) is 18.5 Å². The largest absolute Gasteiger partial charge is 0.324 e. The molecule has 0 aliphatic heterocycles. The molecule has 1 rings (SSSR count). The Balaban J connectivity index is 3.48. The topological polar surface area (TPSA) is 60.2 Å². The lowest BCUT2D eigenvalue weighted by atomic mass is 10.1. The van der Waals surface area contributed by atoms with E-state index in [0.29, 0.717) is 0 Å². The van der Waals surface area contributed by atoms with Gasteiger partial charge in [0.25, 0.3) is 0 Å². The van der Waals surface area contributed by atoms with Crippen LogP contribution in [-0.2, 0) is 9.84 Å². The van der Waals surface area contributed by atoms with Crippen molar-refractivity contribution in [3.05, 3.63) is 29.3 Å². The van der Waals surface area contributed by atoms with Crippen molar-refractivity contribution in [2.24, 2.45) is 5.73 Å². The van der Waals surface area contributed by atoms with Gasteiger partial charge in [-0.25, -0.2) is 17.2 Å². The van der Waals surface area contributed by atoms with Gasteiger partial charge in [-0.05, 0) is 13.0 Å². The molecule has 1 aromatic rings. The molecule has 2 N–H and O–H groups in total. The summed E-state index contributed by atoms with van der Waals surface area (Å²) in [6.45, 7) is 1.48. The number of benzene rings is 1. The van der Waals surface area contributed by atoms with Gasteiger partial charge in [0.05, 0.1) is 0 Å². The molecule has 0 aliphatic carbocycles. The van der Waals surface area contributed by atoms with Crippen molar-refractivity contribution in [1.82, 2.24) is 0 Å². The van der Waals surface area contributed by atoms with E-state index in [-0.39, 0.29) is 5.56 Å². The molecule has 0 radical (unpaired) electrons. The maximum atomic E-state index is 13.3. The highest BCUT2D eigenvalue weighted by Crippen LogP contribution is 2.23. The van der Waals surface area contributed by atoms with Gasteiger partial charge >= 0.3 is 0 Å². The van der Waals surface area contributed by atoms with Crippen molar-refractivity contribution in [2.75, 3.05) is 6.26 Å². The summed E-state index contributed by atoms with van der Waals surface area (Å²) < 4.78 is 48.7. The molecule has 0 aliphatic rings. The lowest BCUT2D eigenvalue weighted by Gasteiger charge is -2.09. The molecule has 1 unspecified atom stereocenters. The van der Waals surface area contributed by atoms with Crippen LogP contribution in [0.4, 0.5) is 8.78 Å². The van der Waals surface area contributed by atoms with Crippen molar-refractivity contribution in [2.45, 2.75) is 17.9 Å². The zero-order valence-electron chi connectivity index (χ0n) is 8.29. The van der Waals surface area contributed by atoms with Gasteiger partial charge in [0.1, 0.15) is 4.90 Å². The molecule has 6 heteroatoms. The quantitative estimate of drug-likeness (QED) is 0.842. The Kier molecular flexibility index (Phi) is 3.11. The third-order valence-corrected chi connectivity index (χ3v) is 3.08. The van der Waals surface area contributed by atoms with Gasteiger partial charge in [0, 0.05) is 17.9 Å². The molecule has 1 aromatic carbocycles. The predicted molar refractivity (Wildman–Crippen MR) is 52.1 cm³/mol. The average molecular weight is 235 g/mol. The number of hydrogen-bond acceptors (Lipinski definition) is 3. The van der Waals surface area contributed by atoms with Crippen molar-refractivity contribution >= 4 is 9.84 Å². The van der Waals surface area contributed by atoms with Gasteiger partial charge in [-0.15, -0.1) is 0 Å². The summed E-state index contributed by atoms with van der Waals surface area (Å²) in [6, 6.07) is 1.51. The standard InChI is InChI=1S/C9H11F2NO2S/c1-5(12)6-3-4-7(15(2,13)14)9(11)8(6)10/h3-5H,12H2,1-2H3. The normalized spacial score (nSPS) is 13.9. The molecule has 0 bridgehead atoms. The first-order valence-electron chi connectivity index (χ1n) is 4.18. The molecule has 0 amide bonds. The minimum Gasteiger partial charge on any atom is -0.324 e. The van der Waals surface area contributed by atoms with Crippen LogP contribution in [0.3, 0.4) is 0 Å². The first-order valence-corrected chi connectivity index (χ1v) is 6.08. The van der Waals surface area contributed by atoms with Crippen molar-refractivity contribution in [1.29, 1.82) is 0 Å². The Morgan fingerprint density at radius 3 is 2.20 bits per heavy atom. The summed E-state index contributed by atoms with van der Waals surface area (Å²) in [4.78, 5) is -0.649. The lowest BCUT2D eigenvalue weighted by Crippen LogP contribution is -2.11. The van der Waals surface area contributed by atoms with Crippen LogP contribution in [0.25, 0.3) is 0 Å². The van der Waals surface area contributed by atoms with Gasteiger partial charge < -0.3 is 5.73 Å². The van der Waals surface area contributed by atoms with Crippen LogP contribution < -0.4 is 5.73 Å². The Labute approximate surface area is 86.8 Å². The first kappa shape index (κ1) is 12.1. The third kappa shape index (κ3) is 2.32. The van der Waals surface area contributed by atoms with Gasteiger partial charge in [-0.1, -0.05) is 6.07 Å². The van der Waals surface area contributed by atoms with E-state index in [9.17, 15) is 17.2 Å². The second-order valence-corrected chi connectivity index (χ2v) is 5.33. The molecular weight excluding hydrogens is 224 g/mol. The molecular formula is C9H11F2NO2S. The van der Waals surface area contributed by atoms with E-state index < -0.39 is 32.4 Å². The van der Waals surface area contributed by atoms with E-state index in [0.717, 1.165) is 12.3 Å². The molecule has 15 heavy (non-hydrogen) atoms. The van der Waals surface area contributed by atoms with E-state index in [1.807, 2.05) is 0 Å². The van der Waals surface area contributed by atoms with E-state index in [2.05, 4.69) is 0 Å². The highest BCUT2D eigenvalue weighted by atomic mass is 32.2. The summed E-state index contributed by atoms with van der Waals surface area (Å²) in [7, 11) is -3.75. The van der Waals surface area contributed by atoms with Crippen LogP contribution in [0, 0.1) is 11.6 Å². The summed E-state index contributed by atoms with van der Waals surface area (Å²) >= 11 is 0. The van der Waals surface area contributed by atoms with Crippen LogP contribution in [-0.4, -0.2) is 14.7 Å². The molecule has 0 spiro atoms. The van der Waals surface area contributed by atoms with Crippen molar-refractivity contribution in [3.8, 4) is 0 Å². The molecule has 0 saturated heterocycles. The molecule has 0 heterocycles. The number of hydrogen-bond donors (Lipinski definition) is 1. The molecule has 84 valence electrons. The van der Waals surface area contributed by atoms with Gasteiger partial charge in [-0.2, -0.15) is 0 Å². The zero-order chi connectivity index (χ0) is 11.8. The second kappa shape index (κ2) is 3.86. The Hall–Kier alpha value is -1.01. The first-order chi connectivity index (χ1) is 6.75. The third-order valence-electron chi connectivity index (χ3n) is 1.97. The highest BCUT2D eigenvalue weighted by Gasteiger charge is 2.21. The summed E-state index contributed by atoms with van der Waals surface area (Å²) in [6.07, 6.45) is 0.816. The van der Waals surface area contributed by atoms with Crippen LogP contribution >= 0.6 is 0 Å². The van der Waals surface area contributed by atoms with Crippen LogP contribution in [0.2, 0.25) is 0 Å². The maximum Gasteiger partial charge on any atom is 0.178 e. The van der Waals surface area contributed by atoms with E-state index in [1.54, 1.807) is 0 Å². The Morgan fingerprint density at radius 2 is 1.80 bits per heavy atom. The summed E-state index contributed by atoms with van der Waals surface area (Å²) in [5.41, 5.74) is 5.34. The molecule has 0 fully saturated rings. The summed E-state index contributed by atoms with van der Waals surface area (Å²) in [5.74, 6) is -2.57. The van der Waals surface area contributed by atoms with Crippen molar-refractivity contribution in [3.63, 3.8) is 0 Å². The number of sulfone groups is 1. The number of halogens is 2. The predicted octanol–water partition coefficient (Wildman–Crippen LogP) is 1.39. The fraction of sp³-hybridized carbons (Fsp3) is 0.333. The zero-order valence-corrected chi connectivity index (χ0v) is 9.11. The summed E-state index contributed by atoms with van der Waals surface area (Å²) in [5, 5.41) is 0. The molecule has 0 saturated carbocycles. The van der Waals surface area contributed by atoms with Crippen LogP contribution in [0.5, 0.6) is 0 Å². The van der Waals surface area contributed by atoms with E-state index in [4.69, 9.17) is 5.73 Å². The fourth-order valence-electron chi connectivity index (χ4n) is 1.18. The lowest BCUT2D eigenvalue weighted by molar-refractivity contribution is 0.471. The fourth-order valence-corrected chi connectivity index (χ4v) is 1.92. The number of nitrogens with two attached hydrogens (primary N) is 1. The van der Waals surface area contributed by atoms with Gasteiger partial charge in [0.2, 0.25) is 0 Å². The minimum absolute atomic E-state index is 0.0418. The van der Waals surface area contributed by atoms with Gasteiger partial charge in [0.15, 0.2) is 21.5 Å².